The zero-order valence-corrected chi connectivity index (χ0v) is 6.80. The van der Waals surface area contributed by atoms with Crippen molar-refractivity contribution >= 4 is 24.2 Å². The molecule has 2 aliphatic heterocycles. The Morgan fingerprint density at radius 2 is 2.50 bits per heavy atom. The molecule has 1 unspecified atom stereocenters. The van der Waals surface area contributed by atoms with E-state index in [1.165, 1.54) is 12.1 Å². The summed E-state index contributed by atoms with van der Waals surface area (Å²) in [6, 6.07) is 0.0949. The van der Waals surface area contributed by atoms with Gasteiger partial charge in [0.15, 0.2) is 5.84 Å². The molecule has 6 heteroatoms. The molecule has 0 amide bonds. The van der Waals surface area contributed by atoms with Crippen molar-refractivity contribution in [3.05, 3.63) is 17.7 Å². The second kappa shape index (κ2) is 2.18. The van der Waals surface area contributed by atoms with Crippen LogP contribution in [0.2, 0.25) is 0 Å². The number of aromatic nitrogens is 2. The summed E-state index contributed by atoms with van der Waals surface area (Å²) in [4.78, 5) is 11.3. The normalized spacial score (nSPS) is 25.0. The minimum Gasteiger partial charge on any atom is -0.346 e. The maximum absolute atomic E-state index is 4.16. The Bertz CT molecular complexity index is 379. The number of hydrogen-bond donors (Lipinski definition) is 2. The van der Waals surface area contributed by atoms with E-state index in [1.54, 1.807) is 12.5 Å². The van der Waals surface area contributed by atoms with Gasteiger partial charge in [-0.3, -0.25) is 0 Å². The minimum absolute atomic E-state index is 0.0949. The topological polar surface area (TPSA) is 65.4 Å². The summed E-state index contributed by atoms with van der Waals surface area (Å²) in [5.41, 5.74) is 1.95. The van der Waals surface area contributed by atoms with Crippen LogP contribution in [-0.4, -0.2) is 22.0 Å². The predicted molar refractivity (Wildman–Crippen MR) is 47.1 cm³/mol. The number of hydrogen-bond acceptors (Lipinski definition) is 5. The standard InChI is InChI=1S/C6H5N5S/c1-3-4(9-2-8-3)5-6(7-1)11-12-10-5/h1-2,5,10H,(H,8,9). The molecule has 1 atom stereocenters. The molecule has 2 N–H and O–H groups in total. The summed E-state index contributed by atoms with van der Waals surface area (Å²) in [6.45, 7) is 0. The molecule has 0 spiro atoms. The van der Waals surface area contributed by atoms with Crippen molar-refractivity contribution in [2.75, 3.05) is 0 Å². The molecular weight excluding hydrogens is 174 g/mol. The van der Waals surface area contributed by atoms with Gasteiger partial charge in [-0.15, -0.1) is 0 Å². The van der Waals surface area contributed by atoms with Gasteiger partial charge in [0.05, 0.1) is 30.4 Å². The fraction of sp³-hybridized carbons (Fsp3) is 0.167. The molecule has 5 nitrogen and oxygen atoms in total. The lowest BCUT2D eigenvalue weighted by molar-refractivity contribution is 0.852. The lowest BCUT2D eigenvalue weighted by atomic mass is 10.1. The third kappa shape index (κ3) is 0.705. The summed E-state index contributed by atoms with van der Waals surface area (Å²) in [6.07, 6.45) is 3.40. The highest BCUT2D eigenvalue weighted by molar-refractivity contribution is 7.96. The van der Waals surface area contributed by atoms with Gasteiger partial charge in [0, 0.05) is 0 Å². The van der Waals surface area contributed by atoms with Crippen LogP contribution in [0.15, 0.2) is 15.7 Å². The third-order valence-electron chi connectivity index (χ3n) is 1.88. The molecule has 0 saturated heterocycles. The number of aromatic amines is 1. The minimum atomic E-state index is 0.0949. The van der Waals surface area contributed by atoms with E-state index in [0.29, 0.717) is 0 Å². The molecule has 0 aliphatic carbocycles. The van der Waals surface area contributed by atoms with Gasteiger partial charge in [0.25, 0.3) is 0 Å². The van der Waals surface area contributed by atoms with E-state index in [2.05, 4.69) is 24.1 Å². The Hall–Kier alpha value is -1.14. The third-order valence-corrected chi connectivity index (χ3v) is 2.49. The average molecular weight is 179 g/mol. The summed E-state index contributed by atoms with van der Waals surface area (Å²) in [7, 11) is 0. The number of imidazole rings is 1. The fourth-order valence-corrected chi connectivity index (χ4v) is 1.92. The Morgan fingerprint density at radius 1 is 1.50 bits per heavy atom. The first-order chi connectivity index (χ1) is 5.95. The van der Waals surface area contributed by atoms with Crippen LogP contribution in [0, 0.1) is 0 Å². The van der Waals surface area contributed by atoms with Crippen molar-refractivity contribution < 1.29 is 0 Å². The molecule has 3 heterocycles. The zero-order valence-electron chi connectivity index (χ0n) is 5.98. The van der Waals surface area contributed by atoms with Crippen LogP contribution in [0.5, 0.6) is 0 Å². The molecule has 60 valence electrons. The molecule has 12 heavy (non-hydrogen) atoms. The summed E-state index contributed by atoms with van der Waals surface area (Å²) in [5, 5.41) is 0. The molecule has 0 saturated carbocycles. The van der Waals surface area contributed by atoms with E-state index in [9.17, 15) is 0 Å². The van der Waals surface area contributed by atoms with Crippen LogP contribution in [0.25, 0.3) is 0 Å². The molecule has 2 aliphatic rings. The van der Waals surface area contributed by atoms with Gasteiger partial charge in [-0.25, -0.2) is 14.7 Å². The van der Waals surface area contributed by atoms with Gasteiger partial charge in [-0.2, -0.15) is 4.40 Å². The highest BCUT2D eigenvalue weighted by Gasteiger charge is 2.29. The predicted octanol–water partition coefficient (Wildman–Crippen LogP) is 0.448. The van der Waals surface area contributed by atoms with E-state index < -0.39 is 0 Å². The van der Waals surface area contributed by atoms with E-state index in [4.69, 9.17) is 0 Å². The fourth-order valence-electron chi connectivity index (χ4n) is 1.29. The Kier molecular flexibility index (Phi) is 1.16. The van der Waals surface area contributed by atoms with Crippen LogP contribution >= 0.6 is 12.1 Å². The first-order valence-corrected chi connectivity index (χ1v) is 4.29. The van der Waals surface area contributed by atoms with Crippen LogP contribution in [0.3, 0.4) is 0 Å². The Balaban J connectivity index is 2.20. The number of H-pyrrole nitrogens is 1. The van der Waals surface area contributed by atoms with Gasteiger partial charge in [0.1, 0.15) is 11.7 Å². The first-order valence-electron chi connectivity index (χ1n) is 3.52. The van der Waals surface area contributed by atoms with Gasteiger partial charge in [-0.05, 0) is 0 Å². The number of nitrogens with zero attached hydrogens (tertiary/aromatic N) is 3. The SMILES string of the molecule is C1=NC2=NSNC2c2[nH]cnc21. The van der Waals surface area contributed by atoms with Crippen molar-refractivity contribution in [3.63, 3.8) is 0 Å². The largest absolute Gasteiger partial charge is 0.346 e. The second-order valence-corrected chi connectivity index (χ2v) is 3.15. The monoisotopic (exact) mass is 179 g/mol. The van der Waals surface area contributed by atoms with E-state index >= 15 is 0 Å². The van der Waals surface area contributed by atoms with Gasteiger partial charge < -0.3 is 4.98 Å². The van der Waals surface area contributed by atoms with Gasteiger partial charge >= 0.3 is 0 Å². The summed E-state index contributed by atoms with van der Waals surface area (Å²) < 4.78 is 7.24. The summed E-state index contributed by atoms with van der Waals surface area (Å²) >= 11 is 1.32. The second-order valence-electron chi connectivity index (χ2n) is 2.55. The van der Waals surface area contributed by atoms with Gasteiger partial charge in [0.2, 0.25) is 0 Å². The molecular formula is C6H5N5S. The van der Waals surface area contributed by atoms with E-state index in [0.717, 1.165) is 17.2 Å². The number of fused-ring (bicyclic) bond motifs is 3. The van der Waals surface area contributed by atoms with Crippen LogP contribution < -0.4 is 4.72 Å². The maximum Gasteiger partial charge on any atom is 0.162 e. The quantitative estimate of drug-likeness (QED) is 0.568. The van der Waals surface area contributed by atoms with Crippen LogP contribution in [0.4, 0.5) is 0 Å². The number of nitrogens with one attached hydrogen (secondary N) is 2. The van der Waals surface area contributed by atoms with E-state index in [1.807, 2.05) is 0 Å². The number of amidine groups is 1. The van der Waals surface area contributed by atoms with Crippen molar-refractivity contribution in [3.8, 4) is 0 Å². The van der Waals surface area contributed by atoms with Crippen molar-refractivity contribution in [2.24, 2.45) is 9.39 Å². The maximum atomic E-state index is 4.16. The smallest absolute Gasteiger partial charge is 0.162 e. The van der Waals surface area contributed by atoms with Gasteiger partial charge in [-0.1, -0.05) is 0 Å². The van der Waals surface area contributed by atoms with Crippen LogP contribution in [0.1, 0.15) is 17.4 Å². The molecule has 0 radical (unpaired) electrons. The molecule has 0 bridgehead atoms. The van der Waals surface area contributed by atoms with Crippen molar-refractivity contribution in [1.29, 1.82) is 0 Å². The molecule has 3 rings (SSSR count). The zero-order chi connectivity index (χ0) is 7.97. The highest BCUT2D eigenvalue weighted by atomic mass is 32.2. The molecule has 1 aromatic rings. The molecule has 1 aromatic heterocycles. The average Bonchev–Trinajstić information content (AvgIpc) is 2.71. The highest BCUT2D eigenvalue weighted by Crippen LogP contribution is 2.28. The molecule has 0 fully saturated rings. The van der Waals surface area contributed by atoms with Crippen molar-refractivity contribution in [2.45, 2.75) is 6.04 Å². The lowest BCUT2D eigenvalue weighted by Crippen LogP contribution is -2.21. The lowest BCUT2D eigenvalue weighted by Gasteiger charge is -2.11. The van der Waals surface area contributed by atoms with E-state index in [-0.39, 0.29) is 6.04 Å². The van der Waals surface area contributed by atoms with Crippen molar-refractivity contribution in [1.82, 2.24) is 14.7 Å². The molecule has 0 aromatic carbocycles. The number of rotatable bonds is 0. The van der Waals surface area contributed by atoms with Crippen LogP contribution in [-0.2, 0) is 0 Å². The summed E-state index contributed by atoms with van der Waals surface area (Å²) in [5.74, 6) is 0.816. The first kappa shape index (κ1) is 6.38. The Morgan fingerprint density at radius 3 is 3.50 bits per heavy atom. The number of aliphatic imine (C=N–C) groups is 1. The Labute approximate surface area is 72.7 Å².